The van der Waals surface area contributed by atoms with E-state index >= 15 is 0 Å². The molecule has 1 aromatic rings. The standard InChI is InChI=1S/C17H29NO2/c1-16(2,3)18-12-15(20-17(4,5)6)13-8-10-14(19-7)11-9-13/h8-11,15,18H,12H2,1-7H3. The van der Waals surface area contributed by atoms with E-state index in [4.69, 9.17) is 9.47 Å². The molecule has 20 heavy (non-hydrogen) atoms. The van der Waals surface area contributed by atoms with Crippen molar-refractivity contribution in [3.05, 3.63) is 29.8 Å². The van der Waals surface area contributed by atoms with Crippen LogP contribution in [-0.4, -0.2) is 24.8 Å². The fourth-order valence-corrected chi connectivity index (χ4v) is 1.87. The Morgan fingerprint density at radius 1 is 1.00 bits per heavy atom. The van der Waals surface area contributed by atoms with Gasteiger partial charge >= 0.3 is 0 Å². The number of rotatable bonds is 5. The molecule has 1 aromatic carbocycles. The van der Waals surface area contributed by atoms with Crippen molar-refractivity contribution in [2.45, 2.75) is 58.8 Å². The Morgan fingerprint density at radius 3 is 1.95 bits per heavy atom. The van der Waals surface area contributed by atoms with E-state index in [1.165, 1.54) is 0 Å². The quantitative estimate of drug-likeness (QED) is 0.885. The Hall–Kier alpha value is -1.06. The molecule has 0 radical (unpaired) electrons. The summed E-state index contributed by atoms with van der Waals surface area (Å²) in [6.07, 6.45) is 0.0279. The zero-order valence-electron chi connectivity index (χ0n) is 13.9. The molecule has 0 amide bonds. The molecule has 0 heterocycles. The third-order valence-corrected chi connectivity index (χ3v) is 2.80. The Labute approximate surface area is 123 Å². The number of hydrogen-bond donors (Lipinski definition) is 1. The topological polar surface area (TPSA) is 30.5 Å². The number of benzene rings is 1. The molecule has 1 atom stereocenters. The maximum absolute atomic E-state index is 6.19. The monoisotopic (exact) mass is 279 g/mol. The van der Waals surface area contributed by atoms with Gasteiger partial charge in [-0.3, -0.25) is 0 Å². The number of nitrogens with one attached hydrogen (secondary N) is 1. The lowest BCUT2D eigenvalue weighted by atomic mass is 10.0. The molecule has 0 spiro atoms. The summed E-state index contributed by atoms with van der Waals surface area (Å²) < 4.78 is 11.4. The van der Waals surface area contributed by atoms with Gasteiger partial charge in [0.05, 0.1) is 18.8 Å². The molecule has 114 valence electrons. The van der Waals surface area contributed by atoms with Crippen molar-refractivity contribution in [2.75, 3.05) is 13.7 Å². The molecule has 0 aliphatic rings. The van der Waals surface area contributed by atoms with Gasteiger partial charge in [0.2, 0.25) is 0 Å². The number of methoxy groups -OCH3 is 1. The van der Waals surface area contributed by atoms with Crippen LogP contribution in [0.4, 0.5) is 0 Å². The van der Waals surface area contributed by atoms with Gasteiger partial charge in [-0.2, -0.15) is 0 Å². The van der Waals surface area contributed by atoms with E-state index in [-0.39, 0.29) is 17.2 Å². The summed E-state index contributed by atoms with van der Waals surface area (Å²) in [6.45, 7) is 13.5. The summed E-state index contributed by atoms with van der Waals surface area (Å²) in [4.78, 5) is 0. The van der Waals surface area contributed by atoms with Crippen LogP contribution in [0.2, 0.25) is 0 Å². The highest BCUT2D eigenvalue weighted by molar-refractivity contribution is 5.28. The molecule has 0 saturated carbocycles. The average molecular weight is 279 g/mol. The van der Waals surface area contributed by atoms with Crippen LogP contribution in [0.1, 0.15) is 53.2 Å². The van der Waals surface area contributed by atoms with E-state index in [0.717, 1.165) is 17.9 Å². The molecule has 1 N–H and O–H groups in total. The molecule has 1 rings (SSSR count). The Morgan fingerprint density at radius 2 is 1.55 bits per heavy atom. The summed E-state index contributed by atoms with van der Waals surface area (Å²) in [6, 6.07) is 8.09. The highest BCUT2D eigenvalue weighted by atomic mass is 16.5. The van der Waals surface area contributed by atoms with E-state index < -0.39 is 0 Å². The molecule has 0 aromatic heterocycles. The lowest BCUT2D eigenvalue weighted by Crippen LogP contribution is -2.40. The van der Waals surface area contributed by atoms with Crippen molar-refractivity contribution in [1.82, 2.24) is 5.32 Å². The zero-order chi connectivity index (χ0) is 15.4. The van der Waals surface area contributed by atoms with Crippen molar-refractivity contribution >= 4 is 0 Å². The predicted molar refractivity (Wildman–Crippen MR) is 84.3 cm³/mol. The van der Waals surface area contributed by atoms with E-state index in [1.54, 1.807) is 7.11 Å². The van der Waals surface area contributed by atoms with Crippen molar-refractivity contribution in [3.8, 4) is 5.75 Å². The molecule has 3 heteroatoms. The fourth-order valence-electron chi connectivity index (χ4n) is 1.87. The third-order valence-electron chi connectivity index (χ3n) is 2.80. The van der Waals surface area contributed by atoms with Gasteiger partial charge in [0, 0.05) is 12.1 Å². The lowest BCUT2D eigenvalue weighted by Gasteiger charge is -2.31. The summed E-state index contributed by atoms with van der Waals surface area (Å²) in [7, 11) is 1.68. The maximum Gasteiger partial charge on any atom is 0.118 e. The molecular formula is C17H29NO2. The number of ether oxygens (including phenoxy) is 2. The summed E-state index contributed by atoms with van der Waals surface area (Å²) in [5.74, 6) is 0.868. The third kappa shape index (κ3) is 6.40. The molecule has 0 fully saturated rings. The minimum atomic E-state index is -0.176. The molecule has 0 aliphatic heterocycles. The van der Waals surface area contributed by atoms with Crippen molar-refractivity contribution in [2.24, 2.45) is 0 Å². The second-order valence-corrected chi connectivity index (χ2v) is 7.12. The van der Waals surface area contributed by atoms with Crippen molar-refractivity contribution in [1.29, 1.82) is 0 Å². The largest absolute Gasteiger partial charge is 0.497 e. The van der Waals surface area contributed by atoms with Gasteiger partial charge in [-0.25, -0.2) is 0 Å². The first-order chi connectivity index (χ1) is 9.11. The second kappa shape index (κ2) is 6.59. The van der Waals surface area contributed by atoms with E-state index in [1.807, 2.05) is 12.1 Å². The van der Waals surface area contributed by atoms with Crippen LogP contribution in [0.3, 0.4) is 0 Å². The lowest BCUT2D eigenvalue weighted by molar-refractivity contribution is -0.0625. The second-order valence-electron chi connectivity index (χ2n) is 7.12. The van der Waals surface area contributed by atoms with Gasteiger partial charge in [-0.15, -0.1) is 0 Å². The van der Waals surface area contributed by atoms with E-state index in [0.29, 0.717) is 0 Å². The van der Waals surface area contributed by atoms with E-state index in [9.17, 15) is 0 Å². The van der Waals surface area contributed by atoms with Crippen LogP contribution >= 0.6 is 0 Å². The Balaban J connectivity index is 2.85. The molecular weight excluding hydrogens is 250 g/mol. The molecule has 0 bridgehead atoms. The SMILES string of the molecule is COc1ccc(C(CNC(C)(C)C)OC(C)(C)C)cc1. The van der Waals surface area contributed by atoms with Gasteiger partial charge in [0.25, 0.3) is 0 Å². The van der Waals surface area contributed by atoms with Gasteiger partial charge < -0.3 is 14.8 Å². The van der Waals surface area contributed by atoms with Gasteiger partial charge in [-0.05, 0) is 59.2 Å². The van der Waals surface area contributed by atoms with Gasteiger partial charge in [-0.1, -0.05) is 12.1 Å². The summed E-state index contributed by atoms with van der Waals surface area (Å²) >= 11 is 0. The molecule has 1 unspecified atom stereocenters. The normalized spacial score (nSPS) is 14.2. The Kier molecular flexibility index (Phi) is 5.60. The first kappa shape index (κ1) is 17.0. The van der Waals surface area contributed by atoms with Gasteiger partial charge in [0.1, 0.15) is 5.75 Å². The van der Waals surface area contributed by atoms with Crippen LogP contribution in [0, 0.1) is 0 Å². The smallest absolute Gasteiger partial charge is 0.118 e. The van der Waals surface area contributed by atoms with Gasteiger partial charge in [0.15, 0.2) is 0 Å². The van der Waals surface area contributed by atoms with Crippen LogP contribution in [0.5, 0.6) is 5.75 Å². The van der Waals surface area contributed by atoms with Crippen LogP contribution < -0.4 is 10.1 Å². The van der Waals surface area contributed by atoms with Crippen molar-refractivity contribution < 1.29 is 9.47 Å². The minimum absolute atomic E-state index is 0.0279. The average Bonchev–Trinajstić information content (AvgIpc) is 2.32. The van der Waals surface area contributed by atoms with Crippen molar-refractivity contribution in [3.63, 3.8) is 0 Å². The highest BCUT2D eigenvalue weighted by Crippen LogP contribution is 2.25. The molecule has 0 saturated heterocycles. The Bertz CT molecular complexity index is 398. The molecule has 3 nitrogen and oxygen atoms in total. The first-order valence-corrected chi connectivity index (χ1v) is 7.17. The molecule has 0 aliphatic carbocycles. The van der Waals surface area contributed by atoms with Crippen LogP contribution in [-0.2, 0) is 4.74 Å². The summed E-state index contributed by atoms with van der Waals surface area (Å²) in [5, 5.41) is 3.52. The number of hydrogen-bond acceptors (Lipinski definition) is 3. The fraction of sp³-hybridized carbons (Fsp3) is 0.647. The highest BCUT2D eigenvalue weighted by Gasteiger charge is 2.22. The zero-order valence-corrected chi connectivity index (χ0v) is 13.9. The van der Waals surface area contributed by atoms with Crippen LogP contribution in [0.25, 0.3) is 0 Å². The maximum atomic E-state index is 6.19. The van der Waals surface area contributed by atoms with Crippen LogP contribution in [0.15, 0.2) is 24.3 Å². The summed E-state index contributed by atoms with van der Waals surface area (Å²) in [5.41, 5.74) is 1.06. The first-order valence-electron chi connectivity index (χ1n) is 7.17. The van der Waals surface area contributed by atoms with E-state index in [2.05, 4.69) is 59.0 Å². The minimum Gasteiger partial charge on any atom is -0.497 e. The predicted octanol–water partition coefficient (Wildman–Crippen LogP) is 3.94.